The fourth-order valence-electron chi connectivity index (χ4n) is 5.51. The van der Waals surface area contributed by atoms with Crippen molar-refractivity contribution >= 4 is 39.3 Å². The molecule has 6 aromatic rings. The highest BCUT2D eigenvalue weighted by atomic mass is 16.2. The number of nitriles is 1. The molecule has 0 fully saturated rings. The maximum absolute atomic E-state index is 13.8. The number of fused-ring (bicyclic) bond motifs is 4. The fraction of sp³-hybridized carbons (Fsp3) is 0. The van der Waals surface area contributed by atoms with E-state index in [4.69, 9.17) is 0 Å². The van der Waals surface area contributed by atoms with Gasteiger partial charge in [-0.1, -0.05) is 66.7 Å². The van der Waals surface area contributed by atoms with Crippen LogP contribution in [0.1, 0.15) is 26.3 Å². The SMILES string of the molecule is N#Cc1ccc(-c2cccc3c2c2ccccc2n3-c2cccc3c2C(=O)N(c2ccccc2)C3=O)cc1. The van der Waals surface area contributed by atoms with Crippen LogP contribution in [-0.4, -0.2) is 16.4 Å². The molecule has 38 heavy (non-hydrogen) atoms. The van der Waals surface area contributed by atoms with Crippen LogP contribution in [0.25, 0.3) is 38.6 Å². The number of hydrogen-bond acceptors (Lipinski definition) is 3. The minimum absolute atomic E-state index is 0.322. The number of imide groups is 1. The highest BCUT2D eigenvalue weighted by Crippen LogP contribution is 2.41. The van der Waals surface area contributed by atoms with Crippen molar-refractivity contribution in [1.82, 2.24) is 4.57 Å². The van der Waals surface area contributed by atoms with Gasteiger partial charge in [0.05, 0.1) is 45.2 Å². The Hall–Kier alpha value is -5.47. The second kappa shape index (κ2) is 8.29. The summed E-state index contributed by atoms with van der Waals surface area (Å²) in [6.45, 7) is 0. The zero-order valence-corrected chi connectivity index (χ0v) is 20.1. The van der Waals surface area contributed by atoms with Crippen molar-refractivity contribution in [2.75, 3.05) is 4.90 Å². The predicted octanol–water partition coefficient (Wildman–Crippen LogP) is 7.12. The van der Waals surface area contributed by atoms with Crippen LogP contribution in [-0.2, 0) is 0 Å². The summed E-state index contributed by atoms with van der Waals surface area (Å²) >= 11 is 0. The molecule has 178 valence electrons. The second-order valence-corrected chi connectivity index (χ2v) is 9.22. The molecule has 5 aromatic carbocycles. The van der Waals surface area contributed by atoms with Crippen LogP contribution < -0.4 is 4.90 Å². The number of nitrogens with zero attached hydrogens (tertiary/aromatic N) is 3. The van der Waals surface area contributed by atoms with E-state index in [2.05, 4.69) is 22.8 Å². The molecule has 5 nitrogen and oxygen atoms in total. The molecule has 1 aliphatic heterocycles. The van der Waals surface area contributed by atoms with Crippen LogP contribution >= 0.6 is 0 Å². The highest BCUT2D eigenvalue weighted by molar-refractivity contribution is 6.35. The molecule has 0 radical (unpaired) electrons. The van der Waals surface area contributed by atoms with Crippen LogP contribution in [0.4, 0.5) is 5.69 Å². The van der Waals surface area contributed by atoms with Gasteiger partial charge in [-0.15, -0.1) is 0 Å². The van der Waals surface area contributed by atoms with Crippen molar-refractivity contribution in [2.24, 2.45) is 0 Å². The first kappa shape index (κ1) is 21.8. The van der Waals surface area contributed by atoms with Gasteiger partial charge in [0.2, 0.25) is 0 Å². The quantitative estimate of drug-likeness (QED) is 0.249. The lowest BCUT2D eigenvalue weighted by atomic mass is 9.98. The summed E-state index contributed by atoms with van der Waals surface area (Å²) in [5, 5.41) is 11.3. The van der Waals surface area contributed by atoms with E-state index >= 15 is 0 Å². The van der Waals surface area contributed by atoms with Gasteiger partial charge >= 0.3 is 0 Å². The Labute approximate surface area is 218 Å². The lowest BCUT2D eigenvalue weighted by Gasteiger charge is -2.14. The van der Waals surface area contributed by atoms with E-state index in [0.29, 0.717) is 28.1 Å². The van der Waals surface area contributed by atoms with E-state index in [9.17, 15) is 14.9 Å². The third-order valence-corrected chi connectivity index (χ3v) is 7.17. The molecule has 0 saturated heterocycles. The molecule has 0 N–H and O–H groups in total. The molecule has 0 atom stereocenters. The lowest BCUT2D eigenvalue weighted by Crippen LogP contribution is -2.29. The highest BCUT2D eigenvalue weighted by Gasteiger charge is 2.39. The standard InChI is InChI=1S/C33H19N3O2/c34-20-21-16-18-22(19-17-21)24-11-6-14-28-30(24)25-10-4-5-13-27(25)36(28)29-15-7-12-26-31(29)33(38)35(32(26)37)23-8-2-1-3-9-23/h1-19H. The first-order valence-electron chi connectivity index (χ1n) is 12.3. The van der Waals surface area contributed by atoms with Gasteiger partial charge in [-0.3, -0.25) is 9.59 Å². The third kappa shape index (κ3) is 3.04. The number of anilines is 1. The summed E-state index contributed by atoms with van der Waals surface area (Å²) in [4.78, 5) is 28.5. The normalized spacial score (nSPS) is 12.8. The van der Waals surface area contributed by atoms with Crippen LogP contribution in [0.3, 0.4) is 0 Å². The summed E-state index contributed by atoms with van der Waals surface area (Å²) in [5.74, 6) is -0.655. The molecule has 0 bridgehead atoms. The number of amides is 2. The molecular weight excluding hydrogens is 470 g/mol. The van der Waals surface area contributed by atoms with E-state index in [1.165, 1.54) is 4.90 Å². The summed E-state index contributed by atoms with van der Waals surface area (Å²) in [6.07, 6.45) is 0. The molecular formula is C33H19N3O2. The Morgan fingerprint density at radius 1 is 0.605 bits per heavy atom. The van der Waals surface area contributed by atoms with Gasteiger partial charge in [-0.05, 0) is 59.7 Å². The lowest BCUT2D eigenvalue weighted by molar-refractivity contribution is 0.0926. The summed E-state index contributed by atoms with van der Waals surface area (Å²) in [6, 6.07) is 38.4. The van der Waals surface area contributed by atoms with Crippen molar-refractivity contribution < 1.29 is 9.59 Å². The van der Waals surface area contributed by atoms with E-state index in [-0.39, 0.29) is 11.8 Å². The number of rotatable bonds is 3. The minimum Gasteiger partial charge on any atom is -0.308 e. The van der Waals surface area contributed by atoms with Gasteiger partial charge < -0.3 is 4.57 Å². The smallest absolute Gasteiger partial charge is 0.268 e. The minimum atomic E-state index is -0.332. The van der Waals surface area contributed by atoms with Crippen LogP contribution in [0.5, 0.6) is 0 Å². The van der Waals surface area contributed by atoms with Gasteiger partial charge in [-0.25, -0.2) is 4.90 Å². The summed E-state index contributed by atoms with van der Waals surface area (Å²) in [5.41, 5.74) is 6.51. The van der Waals surface area contributed by atoms with Crippen LogP contribution in [0, 0.1) is 11.3 Å². The second-order valence-electron chi connectivity index (χ2n) is 9.22. The molecule has 0 saturated carbocycles. The largest absolute Gasteiger partial charge is 0.308 e. The summed E-state index contributed by atoms with van der Waals surface area (Å²) < 4.78 is 2.08. The number of carbonyl (C=O) groups is 2. The number of hydrogen-bond donors (Lipinski definition) is 0. The van der Waals surface area contributed by atoms with Gasteiger partial charge in [-0.2, -0.15) is 5.26 Å². The average Bonchev–Trinajstić information content (AvgIpc) is 3.45. The van der Waals surface area contributed by atoms with Crippen molar-refractivity contribution in [3.8, 4) is 22.9 Å². The van der Waals surface area contributed by atoms with Crippen molar-refractivity contribution in [3.63, 3.8) is 0 Å². The predicted molar refractivity (Wildman–Crippen MR) is 149 cm³/mol. The Bertz CT molecular complexity index is 1960. The Morgan fingerprint density at radius 2 is 1.29 bits per heavy atom. The van der Waals surface area contributed by atoms with Crippen molar-refractivity contribution in [3.05, 3.63) is 132 Å². The Kier molecular flexibility index (Phi) is 4.75. The maximum Gasteiger partial charge on any atom is 0.268 e. The van der Waals surface area contributed by atoms with E-state index in [1.54, 1.807) is 18.2 Å². The van der Waals surface area contributed by atoms with E-state index in [0.717, 1.165) is 32.9 Å². The van der Waals surface area contributed by atoms with Crippen molar-refractivity contribution in [1.29, 1.82) is 5.26 Å². The Morgan fingerprint density at radius 3 is 2.08 bits per heavy atom. The zero-order valence-electron chi connectivity index (χ0n) is 20.1. The van der Waals surface area contributed by atoms with Crippen LogP contribution in [0.2, 0.25) is 0 Å². The van der Waals surface area contributed by atoms with E-state index < -0.39 is 0 Å². The Balaban J connectivity index is 1.51. The monoisotopic (exact) mass is 489 g/mol. The molecule has 0 spiro atoms. The molecule has 7 rings (SSSR count). The first-order chi connectivity index (χ1) is 18.7. The number of para-hydroxylation sites is 2. The zero-order chi connectivity index (χ0) is 25.8. The van der Waals surface area contributed by atoms with Gasteiger partial charge in [0.15, 0.2) is 0 Å². The number of benzene rings is 5. The third-order valence-electron chi connectivity index (χ3n) is 7.17. The van der Waals surface area contributed by atoms with E-state index in [1.807, 2.05) is 84.9 Å². The number of aromatic nitrogens is 1. The maximum atomic E-state index is 13.8. The number of carbonyl (C=O) groups excluding carboxylic acids is 2. The van der Waals surface area contributed by atoms with Gasteiger partial charge in [0.1, 0.15) is 0 Å². The molecule has 1 aliphatic rings. The van der Waals surface area contributed by atoms with Gasteiger partial charge in [0.25, 0.3) is 11.8 Å². The molecule has 2 amide bonds. The molecule has 0 unspecified atom stereocenters. The first-order valence-corrected chi connectivity index (χ1v) is 12.3. The topological polar surface area (TPSA) is 66.1 Å². The van der Waals surface area contributed by atoms with Crippen molar-refractivity contribution in [2.45, 2.75) is 0 Å². The fourth-order valence-corrected chi connectivity index (χ4v) is 5.51. The summed E-state index contributed by atoms with van der Waals surface area (Å²) in [7, 11) is 0. The molecule has 0 aliphatic carbocycles. The van der Waals surface area contributed by atoms with Gasteiger partial charge in [0, 0.05) is 10.8 Å². The molecule has 5 heteroatoms. The van der Waals surface area contributed by atoms with Crippen LogP contribution in [0.15, 0.2) is 115 Å². The molecule has 1 aromatic heterocycles. The average molecular weight is 490 g/mol. The molecule has 2 heterocycles.